The lowest BCUT2D eigenvalue weighted by molar-refractivity contribution is 0.117. The van der Waals surface area contributed by atoms with Gasteiger partial charge in [-0.25, -0.2) is 12.8 Å². The van der Waals surface area contributed by atoms with E-state index in [2.05, 4.69) is 4.90 Å². The van der Waals surface area contributed by atoms with Gasteiger partial charge >= 0.3 is 0 Å². The number of hydrogen-bond donors (Lipinski definition) is 0. The van der Waals surface area contributed by atoms with Crippen LogP contribution in [0, 0.1) is 5.82 Å². The number of hydrogen-bond acceptors (Lipinski definition) is 3. The summed E-state index contributed by atoms with van der Waals surface area (Å²) in [6, 6.07) is 5.38. The lowest BCUT2D eigenvalue weighted by atomic mass is 10.1. The summed E-state index contributed by atoms with van der Waals surface area (Å²) in [6.45, 7) is 4.33. The summed E-state index contributed by atoms with van der Waals surface area (Å²) in [4.78, 5) is 2.55. The predicted molar refractivity (Wildman–Crippen MR) is 74.3 cm³/mol. The van der Waals surface area contributed by atoms with Crippen LogP contribution in [-0.4, -0.2) is 49.3 Å². The van der Waals surface area contributed by atoms with Gasteiger partial charge in [-0.3, -0.25) is 4.90 Å². The number of benzene rings is 1. The van der Waals surface area contributed by atoms with Crippen molar-refractivity contribution >= 4 is 10.0 Å². The van der Waals surface area contributed by atoms with E-state index in [1.54, 1.807) is 4.31 Å². The molecule has 3 rings (SSSR count). The van der Waals surface area contributed by atoms with Crippen molar-refractivity contribution in [1.82, 2.24) is 9.21 Å². The topological polar surface area (TPSA) is 40.6 Å². The first kappa shape index (κ1) is 14.0. The molecular formula is C14H19FN2O2S. The van der Waals surface area contributed by atoms with Gasteiger partial charge in [0.1, 0.15) is 5.82 Å². The van der Waals surface area contributed by atoms with Crippen LogP contribution in [0.1, 0.15) is 19.8 Å². The van der Waals surface area contributed by atoms with Crippen molar-refractivity contribution in [3.63, 3.8) is 0 Å². The van der Waals surface area contributed by atoms with Crippen LogP contribution in [0.5, 0.6) is 0 Å². The minimum Gasteiger partial charge on any atom is -0.297 e. The highest BCUT2D eigenvalue weighted by atomic mass is 32.2. The highest BCUT2D eigenvalue weighted by molar-refractivity contribution is 7.89. The summed E-state index contributed by atoms with van der Waals surface area (Å²) in [5, 5.41) is 0. The van der Waals surface area contributed by atoms with Gasteiger partial charge in [-0.1, -0.05) is 0 Å². The van der Waals surface area contributed by atoms with E-state index in [0.717, 1.165) is 25.9 Å². The van der Waals surface area contributed by atoms with Crippen LogP contribution in [0.2, 0.25) is 0 Å². The lowest BCUT2D eigenvalue weighted by Gasteiger charge is -2.41. The molecule has 0 bridgehead atoms. The molecule has 1 aromatic rings. The monoisotopic (exact) mass is 298 g/mol. The average Bonchev–Trinajstić information content (AvgIpc) is 2.85. The summed E-state index contributed by atoms with van der Waals surface area (Å²) < 4.78 is 39.9. The van der Waals surface area contributed by atoms with E-state index in [4.69, 9.17) is 0 Å². The van der Waals surface area contributed by atoms with Gasteiger partial charge in [-0.15, -0.1) is 0 Å². The van der Waals surface area contributed by atoms with E-state index in [-0.39, 0.29) is 10.9 Å². The highest BCUT2D eigenvalue weighted by Gasteiger charge is 2.40. The Bertz CT molecular complexity index is 588. The maximum atomic E-state index is 13.0. The molecule has 0 amide bonds. The summed E-state index contributed by atoms with van der Waals surface area (Å²) in [7, 11) is -3.53. The van der Waals surface area contributed by atoms with Crippen molar-refractivity contribution in [2.24, 2.45) is 0 Å². The van der Waals surface area contributed by atoms with Crippen molar-refractivity contribution in [1.29, 1.82) is 0 Å². The molecule has 110 valence electrons. The molecule has 6 heteroatoms. The Hall–Kier alpha value is -0.980. The molecule has 1 aromatic carbocycles. The smallest absolute Gasteiger partial charge is 0.243 e. The van der Waals surface area contributed by atoms with Crippen molar-refractivity contribution < 1.29 is 12.8 Å². The molecule has 2 fully saturated rings. The molecule has 2 aliphatic rings. The van der Waals surface area contributed by atoms with Crippen LogP contribution in [-0.2, 0) is 10.0 Å². The summed E-state index contributed by atoms with van der Waals surface area (Å²) in [6.07, 6.45) is 2.20. The fourth-order valence-corrected chi connectivity index (χ4v) is 4.90. The first-order valence-corrected chi connectivity index (χ1v) is 8.44. The van der Waals surface area contributed by atoms with Crippen molar-refractivity contribution in [3.05, 3.63) is 30.1 Å². The zero-order chi connectivity index (χ0) is 14.3. The second-order valence-electron chi connectivity index (χ2n) is 5.67. The van der Waals surface area contributed by atoms with Crippen LogP contribution in [0.4, 0.5) is 4.39 Å². The van der Waals surface area contributed by atoms with Gasteiger partial charge in [0.2, 0.25) is 10.0 Å². The Morgan fingerprint density at radius 1 is 1.20 bits per heavy atom. The maximum Gasteiger partial charge on any atom is 0.243 e. The van der Waals surface area contributed by atoms with Crippen molar-refractivity contribution in [3.8, 4) is 0 Å². The van der Waals surface area contributed by atoms with Gasteiger partial charge in [0.05, 0.1) is 4.90 Å². The van der Waals surface area contributed by atoms with E-state index in [1.165, 1.54) is 24.3 Å². The van der Waals surface area contributed by atoms with Gasteiger partial charge in [-0.2, -0.15) is 4.31 Å². The fraction of sp³-hybridized carbons (Fsp3) is 0.571. The lowest BCUT2D eigenvalue weighted by Crippen LogP contribution is -2.56. The Morgan fingerprint density at radius 2 is 1.90 bits per heavy atom. The molecule has 0 radical (unpaired) electrons. The average molecular weight is 298 g/mol. The van der Waals surface area contributed by atoms with Crippen LogP contribution in [0.3, 0.4) is 0 Å². The third-order valence-electron chi connectivity index (χ3n) is 4.30. The normalized spacial score (nSPS) is 28.5. The molecule has 2 heterocycles. The highest BCUT2D eigenvalue weighted by Crippen LogP contribution is 2.28. The number of sulfonamides is 1. The van der Waals surface area contributed by atoms with Crippen LogP contribution in [0.15, 0.2) is 29.2 Å². The molecular weight excluding hydrogens is 279 g/mol. The largest absolute Gasteiger partial charge is 0.297 e. The van der Waals surface area contributed by atoms with Gasteiger partial charge in [-0.05, 0) is 50.6 Å². The third-order valence-corrected chi connectivity index (χ3v) is 6.29. The fourth-order valence-electron chi connectivity index (χ4n) is 3.24. The van der Waals surface area contributed by atoms with Gasteiger partial charge in [0.15, 0.2) is 0 Å². The number of fused-ring (bicyclic) bond motifs is 1. The SMILES string of the molecule is CC1CN2CCCC2CN1S(=O)(=O)c1ccc(F)cc1. The van der Waals surface area contributed by atoms with Gasteiger partial charge in [0.25, 0.3) is 0 Å². The molecule has 0 saturated carbocycles. The molecule has 2 saturated heterocycles. The number of halogens is 1. The van der Waals surface area contributed by atoms with Gasteiger partial charge < -0.3 is 0 Å². The van der Waals surface area contributed by atoms with Crippen molar-refractivity contribution in [2.75, 3.05) is 19.6 Å². The van der Waals surface area contributed by atoms with Crippen LogP contribution < -0.4 is 0 Å². The molecule has 2 unspecified atom stereocenters. The Morgan fingerprint density at radius 3 is 2.60 bits per heavy atom. The molecule has 2 aliphatic heterocycles. The summed E-state index contributed by atoms with van der Waals surface area (Å²) in [5.74, 6) is -0.419. The molecule has 20 heavy (non-hydrogen) atoms. The number of piperazine rings is 1. The molecule has 2 atom stereocenters. The summed E-state index contributed by atoms with van der Waals surface area (Å²) in [5.41, 5.74) is 0. The van der Waals surface area contributed by atoms with E-state index in [0.29, 0.717) is 12.6 Å². The first-order chi connectivity index (χ1) is 9.48. The number of nitrogens with zero attached hydrogens (tertiary/aromatic N) is 2. The molecule has 0 N–H and O–H groups in total. The predicted octanol–water partition coefficient (Wildman–Crippen LogP) is 1.68. The van der Waals surface area contributed by atoms with Crippen molar-refractivity contribution in [2.45, 2.75) is 36.7 Å². The van der Waals surface area contributed by atoms with E-state index in [1.807, 2.05) is 6.92 Å². The first-order valence-electron chi connectivity index (χ1n) is 7.00. The maximum absolute atomic E-state index is 13.0. The second-order valence-corrected chi connectivity index (χ2v) is 7.56. The van der Waals surface area contributed by atoms with Crippen LogP contribution in [0.25, 0.3) is 0 Å². The minimum atomic E-state index is -3.53. The van der Waals surface area contributed by atoms with E-state index < -0.39 is 15.8 Å². The second kappa shape index (κ2) is 5.09. The number of rotatable bonds is 2. The summed E-state index contributed by atoms with van der Waals surface area (Å²) >= 11 is 0. The van der Waals surface area contributed by atoms with Gasteiger partial charge in [0, 0.05) is 25.2 Å². The zero-order valence-electron chi connectivity index (χ0n) is 11.5. The Labute approximate surface area is 119 Å². The molecule has 4 nitrogen and oxygen atoms in total. The quantitative estimate of drug-likeness (QED) is 0.834. The Kier molecular flexibility index (Phi) is 3.56. The third kappa shape index (κ3) is 2.36. The standard InChI is InChI=1S/C14H19FN2O2S/c1-11-9-16-8-2-3-13(16)10-17(11)20(18,19)14-6-4-12(15)5-7-14/h4-7,11,13H,2-3,8-10H2,1H3. The van der Waals surface area contributed by atoms with Crippen LogP contribution >= 0.6 is 0 Å². The molecule has 0 aliphatic carbocycles. The van der Waals surface area contributed by atoms with E-state index >= 15 is 0 Å². The molecule has 0 aromatic heterocycles. The van der Waals surface area contributed by atoms with E-state index in [9.17, 15) is 12.8 Å². The Balaban J connectivity index is 1.88. The molecule has 0 spiro atoms. The zero-order valence-corrected chi connectivity index (χ0v) is 12.3. The minimum absolute atomic E-state index is 0.0422.